The largest absolute Gasteiger partial charge is 0.465 e. The summed E-state index contributed by atoms with van der Waals surface area (Å²) >= 11 is 5.97. The maximum atomic E-state index is 12.5. The number of rotatable bonds is 4. The molecule has 0 aromatic heterocycles. The molecule has 0 bridgehead atoms. The van der Waals surface area contributed by atoms with Crippen LogP contribution in [0, 0.1) is 0 Å². The molecule has 1 aliphatic rings. The molecule has 2 aromatic carbocycles. The molecule has 0 atom stereocenters. The Bertz CT molecular complexity index is 990. The second kappa shape index (κ2) is 8.59. The number of ether oxygens (including phenoxy) is 2. The molecule has 0 amide bonds. The second-order valence-corrected chi connectivity index (χ2v) is 6.31. The Balaban J connectivity index is 2.12. The lowest BCUT2D eigenvalue weighted by molar-refractivity contribution is -0.139. The van der Waals surface area contributed by atoms with Crippen molar-refractivity contribution in [3.8, 4) is 11.1 Å². The molecule has 28 heavy (non-hydrogen) atoms. The molecule has 0 fully saturated rings. The number of esters is 2. The highest BCUT2D eigenvalue weighted by molar-refractivity contribution is 6.30. The molecule has 0 unspecified atom stereocenters. The average molecular weight is 396 g/mol. The summed E-state index contributed by atoms with van der Waals surface area (Å²) in [5.74, 6) is -1.27. The Labute approximate surface area is 168 Å². The standard InChI is InChI=1S/C22H18ClNO4/c1-27-21(25)19-8-3-4-13-24(20(19)22(26)28-2)18-7-5-6-16(14-18)15-9-11-17(23)12-10-15/h3-14H,1-2H3. The van der Waals surface area contributed by atoms with E-state index in [4.69, 9.17) is 21.1 Å². The molecule has 1 aliphatic heterocycles. The number of allylic oxidation sites excluding steroid dienone is 2. The van der Waals surface area contributed by atoms with Gasteiger partial charge in [-0.25, -0.2) is 9.59 Å². The number of carbonyl (C=O) groups is 2. The Kier molecular flexibility index (Phi) is 5.96. The van der Waals surface area contributed by atoms with Crippen LogP contribution in [-0.4, -0.2) is 26.2 Å². The zero-order valence-corrected chi connectivity index (χ0v) is 16.1. The van der Waals surface area contributed by atoms with E-state index in [1.165, 1.54) is 20.3 Å². The van der Waals surface area contributed by atoms with E-state index in [9.17, 15) is 9.59 Å². The van der Waals surface area contributed by atoms with Crippen molar-refractivity contribution < 1.29 is 19.1 Å². The Morgan fingerprint density at radius 2 is 1.61 bits per heavy atom. The molecule has 5 nitrogen and oxygen atoms in total. The average Bonchev–Trinajstić information content (AvgIpc) is 2.96. The van der Waals surface area contributed by atoms with Crippen molar-refractivity contribution in [2.24, 2.45) is 0 Å². The van der Waals surface area contributed by atoms with Gasteiger partial charge >= 0.3 is 11.9 Å². The first-order valence-corrected chi connectivity index (χ1v) is 8.84. The highest BCUT2D eigenvalue weighted by Gasteiger charge is 2.27. The monoisotopic (exact) mass is 395 g/mol. The fourth-order valence-electron chi connectivity index (χ4n) is 2.84. The summed E-state index contributed by atoms with van der Waals surface area (Å²) in [5, 5.41) is 0.653. The summed E-state index contributed by atoms with van der Waals surface area (Å²) < 4.78 is 9.76. The SMILES string of the molecule is COC(=O)C1=C(C(=O)OC)N(c2cccc(-c3ccc(Cl)cc3)c2)C=CC=C1. The zero-order chi connectivity index (χ0) is 20.1. The van der Waals surface area contributed by atoms with Crippen molar-refractivity contribution in [1.29, 1.82) is 0 Å². The van der Waals surface area contributed by atoms with E-state index in [1.54, 1.807) is 23.3 Å². The number of hydrogen-bond acceptors (Lipinski definition) is 5. The number of halogens is 1. The van der Waals surface area contributed by atoms with Crippen LogP contribution in [0.3, 0.4) is 0 Å². The van der Waals surface area contributed by atoms with E-state index in [-0.39, 0.29) is 11.3 Å². The van der Waals surface area contributed by atoms with Crippen LogP contribution >= 0.6 is 11.6 Å². The molecule has 0 saturated heterocycles. The first-order valence-electron chi connectivity index (χ1n) is 8.46. The van der Waals surface area contributed by atoms with Crippen molar-refractivity contribution >= 4 is 29.2 Å². The van der Waals surface area contributed by atoms with Crippen molar-refractivity contribution in [3.05, 3.63) is 89.3 Å². The minimum Gasteiger partial charge on any atom is -0.465 e. The first-order chi connectivity index (χ1) is 13.5. The molecular weight excluding hydrogens is 378 g/mol. The number of benzene rings is 2. The third-order valence-corrected chi connectivity index (χ3v) is 4.44. The van der Waals surface area contributed by atoms with E-state index in [2.05, 4.69) is 0 Å². The Morgan fingerprint density at radius 3 is 2.29 bits per heavy atom. The van der Waals surface area contributed by atoms with E-state index in [1.807, 2.05) is 48.5 Å². The van der Waals surface area contributed by atoms with E-state index >= 15 is 0 Å². The summed E-state index contributed by atoms with van der Waals surface area (Å²) in [6, 6.07) is 15.0. The Morgan fingerprint density at radius 1 is 0.893 bits per heavy atom. The topological polar surface area (TPSA) is 55.8 Å². The van der Waals surface area contributed by atoms with Gasteiger partial charge in [0.15, 0.2) is 0 Å². The summed E-state index contributed by atoms with van der Waals surface area (Å²) in [7, 11) is 2.53. The van der Waals surface area contributed by atoms with E-state index in [0.717, 1.165) is 11.1 Å². The van der Waals surface area contributed by atoms with E-state index < -0.39 is 11.9 Å². The molecule has 6 heteroatoms. The Hall–Kier alpha value is -3.31. The predicted molar refractivity (Wildman–Crippen MR) is 109 cm³/mol. The maximum absolute atomic E-state index is 12.5. The lowest BCUT2D eigenvalue weighted by Crippen LogP contribution is -2.26. The summed E-state index contributed by atoms with van der Waals surface area (Å²) in [6.45, 7) is 0. The van der Waals surface area contributed by atoms with Gasteiger partial charge < -0.3 is 14.4 Å². The van der Waals surface area contributed by atoms with Gasteiger partial charge in [0.1, 0.15) is 5.70 Å². The highest BCUT2D eigenvalue weighted by atomic mass is 35.5. The van der Waals surface area contributed by atoms with E-state index in [0.29, 0.717) is 10.7 Å². The molecule has 0 radical (unpaired) electrons. The number of carbonyl (C=O) groups excluding carboxylic acids is 2. The highest BCUT2D eigenvalue weighted by Crippen LogP contribution is 2.30. The van der Waals surface area contributed by atoms with Gasteiger partial charge in [0, 0.05) is 16.9 Å². The van der Waals surface area contributed by atoms with Gasteiger partial charge in [0.25, 0.3) is 0 Å². The lowest BCUT2D eigenvalue weighted by atomic mass is 10.0. The first kappa shape index (κ1) is 19.5. The van der Waals surface area contributed by atoms with Gasteiger partial charge in [0.2, 0.25) is 0 Å². The summed E-state index contributed by atoms with van der Waals surface area (Å²) in [5.41, 5.74) is 2.78. The van der Waals surface area contributed by atoms with Crippen LogP contribution in [0.25, 0.3) is 11.1 Å². The molecule has 0 spiro atoms. The molecule has 0 saturated carbocycles. The molecule has 0 aliphatic carbocycles. The number of methoxy groups -OCH3 is 2. The molecular formula is C22H18ClNO4. The normalized spacial score (nSPS) is 13.3. The van der Waals surface area contributed by atoms with Crippen LogP contribution in [0.2, 0.25) is 5.02 Å². The third kappa shape index (κ3) is 4.00. The molecule has 2 aromatic rings. The van der Waals surface area contributed by atoms with Crippen LogP contribution in [0.1, 0.15) is 0 Å². The van der Waals surface area contributed by atoms with Crippen molar-refractivity contribution in [1.82, 2.24) is 0 Å². The molecule has 3 rings (SSSR count). The second-order valence-electron chi connectivity index (χ2n) is 5.87. The van der Waals surface area contributed by atoms with Gasteiger partial charge in [-0.3, -0.25) is 0 Å². The zero-order valence-electron chi connectivity index (χ0n) is 15.4. The molecule has 1 heterocycles. The summed E-state index contributed by atoms with van der Waals surface area (Å²) in [6.07, 6.45) is 6.61. The smallest absolute Gasteiger partial charge is 0.355 e. The maximum Gasteiger partial charge on any atom is 0.355 e. The lowest BCUT2D eigenvalue weighted by Gasteiger charge is -2.23. The van der Waals surface area contributed by atoms with Crippen molar-refractivity contribution in [2.45, 2.75) is 0 Å². The number of nitrogens with zero attached hydrogens (tertiary/aromatic N) is 1. The van der Waals surface area contributed by atoms with Crippen molar-refractivity contribution in [3.63, 3.8) is 0 Å². The van der Waals surface area contributed by atoms with Crippen LogP contribution in [0.4, 0.5) is 5.69 Å². The quantitative estimate of drug-likeness (QED) is 0.713. The van der Waals surface area contributed by atoms with Gasteiger partial charge in [-0.1, -0.05) is 41.9 Å². The summed E-state index contributed by atoms with van der Waals surface area (Å²) in [4.78, 5) is 26.4. The third-order valence-electron chi connectivity index (χ3n) is 4.19. The number of anilines is 1. The van der Waals surface area contributed by atoms with Gasteiger partial charge in [-0.2, -0.15) is 0 Å². The van der Waals surface area contributed by atoms with Gasteiger partial charge in [-0.15, -0.1) is 0 Å². The van der Waals surface area contributed by atoms with Crippen LogP contribution in [0.15, 0.2) is 84.2 Å². The van der Waals surface area contributed by atoms with Gasteiger partial charge in [-0.05, 0) is 47.5 Å². The minimum absolute atomic E-state index is 0.0765. The minimum atomic E-state index is -0.645. The van der Waals surface area contributed by atoms with Crippen LogP contribution in [-0.2, 0) is 19.1 Å². The van der Waals surface area contributed by atoms with Crippen LogP contribution in [0.5, 0.6) is 0 Å². The van der Waals surface area contributed by atoms with Gasteiger partial charge in [0.05, 0.1) is 19.8 Å². The fraction of sp³-hybridized carbons (Fsp3) is 0.0909. The molecule has 0 N–H and O–H groups in total. The number of hydrogen-bond donors (Lipinski definition) is 0. The van der Waals surface area contributed by atoms with Crippen LogP contribution < -0.4 is 4.90 Å². The molecule has 142 valence electrons. The van der Waals surface area contributed by atoms with Crippen molar-refractivity contribution in [2.75, 3.05) is 19.1 Å². The fourth-order valence-corrected chi connectivity index (χ4v) is 2.97. The predicted octanol–water partition coefficient (Wildman–Crippen LogP) is 4.50.